The first kappa shape index (κ1) is 11.3. The molecule has 0 radical (unpaired) electrons. The molecule has 1 aromatic heterocycles. The lowest BCUT2D eigenvalue weighted by atomic mass is 10.2. The molecule has 0 amide bonds. The van der Waals surface area contributed by atoms with Gasteiger partial charge in [0.25, 0.3) is 0 Å². The zero-order valence-corrected chi connectivity index (χ0v) is 10.4. The molecule has 0 bridgehead atoms. The van der Waals surface area contributed by atoms with Gasteiger partial charge < -0.3 is 4.57 Å². The van der Waals surface area contributed by atoms with Crippen LogP contribution in [0.1, 0.15) is 5.56 Å². The van der Waals surface area contributed by atoms with Crippen LogP contribution in [-0.2, 0) is 6.54 Å². The predicted octanol–water partition coefficient (Wildman–Crippen LogP) is 4.48. The molecule has 1 nitrogen and oxygen atoms in total. The third-order valence-electron chi connectivity index (χ3n) is 2.97. The zero-order chi connectivity index (χ0) is 12.5. The fraction of sp³-hybridized carbons (Fsp3) is 0.0667. The summed E-state index contributed by atoms with van der Waals surface area (Å²) >= 11 is 5.97. The van der Waals surface area contributed by atoms with Crippen molar-refractivity contribution in [2.45, 2.75) is 6.54 Å². The Morgan fingerprint density at radius 2 is 1.94 bits per heavy atom. The number of aromatic nitrogens is 1. The van der Waals surface area contributed by atoms with Crippen LogP contribution < -0.4 is 0 Å². The van der Waals surface area contributed by atoms with E-state index < -0.39 is 0 Å². The van der Waals surface area contributed by atoms with Crippen LogP contribution >= 0.6 is 11.6 Å². The Morgan fingerprint density at radius 3 is 2.78 bits per heavy atom. The largest absolute Gasteiger partial charge is 0.343 e. The lowest BCUT2D eigenvalue weighted by Gasteiger charge is -2.06. The second-order valence-electron chi connectivity index (χ2n) is 4.28. The molecule has 3 rings (SSSR count). The normalized spacial score (nSPS) is 11.0. The highest BCUT2D eigenvalue weighted by Gasteiger charge is 2.03. The minimum absolute atomic E-state index is 0.206. The Morgan fingerprint density at radius 1 is 1.06 bits per heavy atom. The van der Waals surface area contributed by atoms with Crippen LogP contribution in [-0.4, -0.2) is 4.57 Å². The van der Waals surface area contributed by atoms with E-state index in [9.17, 15) is 4.39 Å². The number of hydrogen-bond donors (Lipinski definition) is 0. The van der Waals surface area contributed by atoms with E-state index >= 15 is 0 Å². The second kappa shape index (κ2) is 4.46. The Kier molecular flexibility index (Phi) is 2.80. The summed E-state index contributed by atoms with van der Waals surface area (Å²) in [6.45, 7) is 0.732. The quantitative estimate of drug-likeness (QED) is 0.639. The van der Waals surface area contributed by atoms with Gasteiger partial charge in [-0.05, 0) is 42.0 Å². The van der Waals surface area contributed by atoms with Crippen LogP contribution in [0, 0.1) is 5.82 Å². The number of rotatable bonds is 2. The van der Waals surface area contributed by atoms with E-state index in [1.165, 1.54) is 6.07 Å². The molecule has 3 aromatic rings. The fourth-order valence-corrected chi connectivity index (χ4v) is 2.35. The maximum Gasteiger partial charge on any atom is 0.123 e. The van der Waals surface area contributed by atoms with E-state index in [0.29, 0.717) is 0 Å². The predicted molar refractivity (Wildman–Crippen MR) is 72.5 cm³/mol. The molecule has 90 valence electrons. The standard InChI is InChI=1S/C15H11ClFN/c16-13-3-1-2-11(8-13)10-18-7-6-12-9-14(17)4-5-15(12)18/h1-9H,10H2. The van der Waals surface area contributed by atoms with Crippen molar-refractivity contribution >= 4 is 22.5 Å². The Balaban J connectivity index is 2.00. The maximum atomic E-state index is 13.1. The van der Waals surface area contributed by atoms with E-state index in [1.807, 2.05) is 36.5 Å². The summed E-state index contributed by atoms with van der Waals surface area (Å²) in [7, 11) is 0. The molecular formula is C15H11ClFN. The summed E-state index contributed by atoms with van der Waals surface area (Å²) in [5.41, 5.74) is 2.15. The Hall–Kier alpha value is -1.80. The van der Waals surface area contributed by atoms with Crippen molar-refractivity contribution in [1.82, 2.24) is 4.57 Å². The monoisotopic (exact) mass is 259 g/mol. The van der Waals surface area contributed by atoms with E-state index in [4.69, 9.17) is 11.6 Å². The van der Waals surface area contributed by atoms with Gasteiger partial charge in [0.2, 0.25) is 0 Å². The van der Waals surface area contributed by atoms with Crippen molar-refractivity contribution in [2.24, 2.45) is 0 Å². The average Bonchev–Trinajstić information content (AvgIpc) is 2.72. The molecule has 0 aliphatic rings. The highest BCUT2D eigenvalue weighted by atomic mass is 35.5. The Labute approximate surface area is 109 Å². The molecule has 1 heterocycles. The van der Waals surface area contributed by atoms with Crippen molar-refractivity contribution in [1.29, 1.82) is 0 Å². The van der Waals surface area contributed by atoms with Crippen molar-refractivity contribution in [2.75, 3.05) is 0 Å². The first-order chi connectivity index (χ1) is 8.72. The number of halogens is 2. The van der Waals surface area contributed by atoms with Crippen LogP contribution in [0.25, 0.3) is 10.9 Å². The first-order valence-electron chi connectivity index (χ1n) is 5.71. The average molecular weight is 260 g/mol. The van der Waals surface area contributed by atoms with Crippen molar-refractivity contribution < 1.29 is 4.39 Å². The van der Waals surface area contributed by atoms with E-state index in [-0.39, 0.29) is 5.82 Å². The lowest BCUT2D eigenvalue weighted by Crippen LogP contribution is -1.97. The second-order valence-corrected chi connectivity index (χ2v) is 4.71. The summed E-state index contributed by atoms with van der Waals surface area (Å²) in [5, 5.41) is 1.65. The van der Waals surface area contributed by atoms with Crippen molar-refractivity contribution in [3.8, 4) is 0 Å². The number of hydrogen-bond acceptors (Lipinski definition) is 0. The number of nitrogens with zero attached hydrogens (tertiary/aromatic N) is 1. The number of fused-ring (bicyclic) bond motifs is 1. The molecule has 0 atom stereocenters. The summed E-state index contributed by atoms with van der Waals surface area (Å²) in [5.74, 6) is -0.206. The molecule has 0 N–H and O–H groups in total. The summed E-state index contributed by atoms with van der Waals surface area (Å²) in [4.78, 5) is 0. The van der Waals surface area contributed by atoms with Crippen molar-refractivity contribution in [3.63, 3.8) is 0 Å². The van der Waals surface area contributed by atoms with Crippen LogP contribution in [0.2, 0.25) is 5.02 Å². The molecular weight excluding hydrogens is 249 g/mol. The van der Waals surface area contributed by atoms with Crippen LogP contribution in [0.15, 0.2) is 54.7 Å². The van der Waals surface area contributed by atoms with Gasteiger partial charge in [0.05, 0.1) is 0 Å². The third-order valence-corrected chi connectivity index (χ3v) is 3.21. The van der Waals surface area contributed by atoms with Gasteiger partial charge in [-0.1, -0.05) is 23.7 Å². The van der Waals surface area contributed by atoms with Gasteiger partial charge in [-0.25, -0.2) is 4.39 Å². The van der Waals surface area contributed by atoms with E-state index in [2.05, 4.69) is 4.57 Å². The van der Waals surface area contributed by atoms with Gasteiger partial charge in [-0.2, -0.15) is 0 Å². The summed E-state index contributed by atoms with van der Waals surface area (Å²) < 4.78 is 15.2. The molecule has 0 aliphatic heterocycles. The molecule has 18 heavy (non-hydrogen) atoms. The van der Waals surface area contributed by atoms with Gasteiger partial charge >= 0.3 is 0 Å². The van der Waals surface area contributed by atoms with E-state index in [0.717, 1.165) is 28.0 Å². The highest BCUT2D eigenvalue weighted by Crippen LogP contribution is 2.19. The van der Waals surface area contributed by atoms with Gasteiger partial charge in [-0.3, -0.25) is 0 Å². The van der Waals surface area contributed by atoms with Gasteiger partial charge in [0.1, 0.15) is 5.82 Å². The van der Waals surface area contributed by atoms with Crippen LogP contribution in [0.3, 0.4) is 0 Å². The van der Waals surface area contributed by atoms with Gasteiger partial charge in [0, 0.05) is 28.7 Å². The lowest BCUT2D eigenvalue weighted by molar-refractivity contribution is 0.629. The zero-order valence-electron chi connectivity index (χ0n) is 9.61. The van der Waals surface area contributed by atoms with Gasteiger partial charge in [-0.15, -0.1) is 0 Å². The minimum atomic E-state index is -0.206. The van der Waals surface area contributed by atoms with Gasteiger partial charge in [0.15, 0.2) is 0 Å². The molecule has 3 heteroatoms. The summed E-state index contributed by atoms with van der Waals surface area (Å²) in [6.07, 6.45) is 1.96. The molecule has 0 saturated heterocycles. The smallest absolute Gasteiger partial charge is 0.123 e. The molecule has 0 unspecified atom stereocenters. The van der Waals surface area contributed by atoms with E-state index in [1.54, 1.807) is 12.1 Å². The molecule has 0 fully saturated rings. The van der Waals surface area contributed by atoms with Crippen molar-refractivity contribution in [3.05, 3.63) is 71.1 Å². The maximum absolute atomic E-state index is 13.1. The molecule has 0 spiro atoms. The summed E-state index contributed by atoms with van der Waals surface area (Å²) in [6, 6.07) is 14.5. The fourth-order valence-electron chi connectivity index (χ4n) is 2.14. The first-order valence-corrected chi connectivity index (χ1v) is 6.09. The molecule has 0 aliphatic carbocycles. The highest BCUT2D eigenvalue weighted by molar-refractivity contribution is 6.30. The molecule has 0 saturated carbocycles. The Bertz CT molecular complexity index is 703. The van der Waals surface area contributed by atoms with Crippen LogP contribution in [0.5, 0.6) is 0 Å². The third kappa shape index (κ3) is 2.12. The molecule has 2 aromatic carbocycles. The SMILES string of the molecule is Fc1ccc2c(ccn2Cc2cccc(Cl)c2)c1. The topological polar surface area (TPSA) is 4.93 Å². The minimum Gasteiger partial charge on any atom is -0.343 e. The van der Waals surface area contributed by atoms with Crippen LogP contribution in [0.4, 0.5) is 4.39 Å². The number of benzene rings is 2.